The lowest BCUT2D eigenvalue weighted by Gasteiger charge is -2.33. The Labute approximate surface area is 196 Å². The molecule has 0 heterocycles. The van der Waals surface area contributed by atoms with Crippen molar-refractivity contribution in [2.75, 3.05) is 18.2 Å². The minimum absolute atomic E-state index is 0.0560. The Bertz CT molecular complexity index is 1170. The second kappa shape index (κ2) is 9.34. The number of alkyl halides is 6. The smallest absolute Gasteiger partial charge is 0.430 e. The van der Waals surface area contributed by atoms with Crippen LogP contribution in [0.25, 0.3) is 0 Å². The van der Waals surface area contributed by atoms with Crippen LogP contribution in [-0.4, -0.2) is 44.6 Å². The maximum absolute atomic E-state index is 13.1. The first-order valence-electron chi connectivity index (χ1n) is 10.2. The van der Waals surface area contributed by atoms with Crippen molar-refractivity contribution >= 4 is 21.4 Å². The zero-order chi connectivity index (χ0) is 26.2. The van der Waals surface area contributed by atoms with Crippen molar-refractivity contribution in [2.24, 2.45) is 5.92 Å². The van der Waals surface area contributed by atoms with Crippen LogP contribution < -0.4 is 10.1 Å². The molecule has 2 N–H and O–H groups in total. The van der Waals surface area contributed by atoms with E-state index in [-0.39, 0.29) is 28.7 Å². The Hall–Kier alpha value is -2.80. The number of anilines is 1. The SMILES string of the molecule is COc1cc(C(O)(C(F)(F)F)C(F)(F)F)ccc1NC(=O)Cc1ccc(S(=O)(=O)CC2CC2)cc1. The van der Waals surface area contributed by atoms with Crippen molar-refractivity contribution in [2.45, 2.75) is 42.1 Å². The molecule has 0 spiro atoms. The maximum Gasteiger partial charge on any atom is 0.430 e. The molecule has 0 unspecified atom stereocenters. The van der Waals surface area contributed by atoms with Gasteiger partial charge in [0.2, 0.25) is 5.91 Å². The molecule has 1 aliphatic carbocycles. The minimum Gasteiger partial charge on any atom is -0.495 e. The number of benzene rings is 2. The van der Waals surface area contributed by atoms with Crippen LogP contribution in [0.1, 0.15) is 24.0 Å². The van der Waals surface area contributed by atoms with Gasteiger partial charge in [-0.2, -0.15) is 26.3 Å². The van der Waals surface area contributed by atoms with Crippen LogP contribution in [0.2, 0.25) is 0 Å². The largest absolute Gasteiger partial charge is 0.495 e. The van der Waals surface area contributed by atoms with E-state index >= 15 is 0 Å². The van der Waals surface area contributed by atoms with Gasteiger partial charge in [-0.05, 0) is 48.6 Å². The predicted octanol–water partition coefficient (Wildman–Crippen LogP) is 4.37. The number of amides is 1. The van der Waals surface area contributed by atoms with Crippen LogP contribution in [-0.2, 0) is 26.7 Å². The summed E-state index contributed by atoms with van der Waals surface area (Å²) in [4.78, 5) is 12.5. The molecule has 192 valence electrons. The molecule has 1 saturated carbocycles. The number of sulfone groups is 1. The molecule has 2 aromatic rings. The van der Waals surface area contributed by atoms with Crippen LogP contribution in [0.5, 0.6) is 5.75 Å². The monoisotopic (exact) mass is 525 g/mol. The maximum atomic E-state index is 13.1. The molecule has 2 aromatic carbocycles. The minimum atomic E-state index is -6.07. The standard InChI is InChI=1S/C22H21F6NO5S/c1-34-18-11-15(20(31,21(23,24)25)22(26,27)28)6-9-17(18)29-19(30)10-13-4-7-16(8-5-13)35(32,33)12-14-2-3-14/h4-9,11,14,31H,2-3,10,12H2,1H3,(H,29,30). The van der Waals surface area contributed by atoms with Gasteiger partial charge in [0.25, 0.3) is 5.60 Å². The van der Waals surface area contributed by atoms with E-state index < -0.39 is 45.0 Å². The number of halogens is 6. The van der Waals surface area contributed by atoms with Crippen molar-refractivity contribution in [3.8, 4) is 5.75 Å². The molecule has 0 aliphatic heterocycles. The van der Waals surface area contributed by atoms with Gasteiger partial charge < -0.3 is 15.2 Å². The molecule has 1 fully saturated rings. The van der Waals surface area contributed by atoms with E-state index in [1.165, 1.54) is 24.3 Å². The molecular weight excluding hydrogens is 504 g/mol. The van der Waals surface area contributed by atoms with Crippen LogP contribution in [0.15, 0.2) is 47.4 Å². The number of aliphatic hydroxyl groups is 1. The fraction of sp³-hybridized carbons (Fsp3) is 0.409. The molecule has 0 radical (unpaired) electrons. The summed E-state index contributed by atoms with van der Waals surface area (Å²) in [7, 11) is -2.47. The van der Waals surface area contributed by atoms with E-state index in [1.807, 2.05) is 0 Å². The number of carbonyl (C=O) groups excluding carboxylic acids is 1. The molecule has 6 nitrogen and oxygen atoms in total. The fourth-order valence-electron chi connectivity index (χ4n) is 3.39. The van der Waals surface area contributed by atoms with Gasteiger partial charge in [-0.3, -0.25) is 4.79 Å². The normalized spacial score (nSPS) is 15.1. The molecule has 3 rings (SSSR count). The molecule has 35 heavy (non-hydrogen) atoms. The van der Waals surface area contributed by atoms with E-state index in [4.69, 9.17) is 4.74 Å². The van der Waals surface area contributed by atoms with Crippen molar-refractivity contribution in [3.05, 3.63) is 53.6 Å². The summed E-state index contributed by atoms with van der Waals surface area (Å²) in [6.45, 7) is 0. The van der Waals surface area contributed by atoms with E-state index in [0.717, 1.165) is 26.0 Å². The van der Waals surface area contributed by atoms with Crippen LogP contribution in [0, 0.1) is 5.92 Å². The molecule has 0 aromatic heterocycles. The third-order valence-corrected chi connectivity index (χ3v) is 7.41. The molecular formula is C22H21F6NO5S. The Morgan fingerprint density at radius 1 is 1.03 bits per heavy atom. The average Bonchev–Trinajstić information content (AvgIpc) is 3.55. The molecule has 0 saturated heterocycles. The van der Waals surface area contributed by atoms with Gasteiger partial charge in [0.1, 0.15) is 5.75 Å². The van der Waals surface area contributed by atoms with Gasteiger partial charge in [-0.15, -0.1) is 0 Å². The van der Waals surface area contributed by atoms with Crippen molar-refractivity contribution in [1.82, 2.24) is 0 Å². The molecule has 0 atom stereocenters. The number of methoxy groups -OCH3 is 1. The van der Waals surface area contributed by atoms with E-state index in [0.29, 0.717) is 17.7 Å². The summed E-state index contributed by atoms with van der Waals surface area (Å²) < 4.78 is 108. The zero-order valence-corrected chi connectivity index (χ0v) is 19.0. The van der Waals surface area contributed by atoms with Gasteiger partial charge in [-0.25, -0.2) is 8.42 Å². The lowest BCUT2D eigenvalue weighted by Crippen LogP contribution is -2.53. The Morgan fingerprint density at radius 2 is 1.60 bits per heavy atom. The topological polar surface area (TPSA) is 92.7 Å². The molecule has 1 amide bonds. The highest BCUT2D eigenvalue weighted by molar-refractivity contribution is 7.91. The fourth-order valence-corrected chi connectivity index (χ4v) is 5.09. The number of carbonyl (C=O) groups is 1. The van der Waals surface area contributed by atoms with Crippen LogP contribution in [0.4, 0.5) is 32.0 Å². The second-order valence-corrected chi connectivity index (χ2v) is 10.2. The van der Waals surface area contributed by atoms with E-state index in [1.54, 1.807) is 0 Å². The lowest BCUT2D eigenvalue weighted by atomic mass is 9.91. The highest BCUT2D eigenvalue weighted by Crippen LogP contribution is 2.51. The number of ether oxygens (including phenoxy) is 1. The number of nitrogens with one attached hydrogen (secondary N) is 1. The van der Waals surface area contributed by atoms with Crippen LogP contribution in [0.3, 0.4) is 0 Å². The summed E-state index contributed by atoms with van der Waals surface area (Å²) in [5, 5.41) is 11.9. The predicted molar refractivity (Wildman–Crippen MR) is 113 cm³/mol. The van der Waals surface area contributed by atoms with Crippen molar-refractivity contribution in [3.63, 3.8) is 0 Å². The summed E-state index contributed by atoms with van der Waals surface area (Å²) >= 11 is 0. The first-order valence-corrected chi connectivity index (χ1v) is 11.9. The van der Waals surface area contributed by atoms with E-state index in [2.05, 4.69) is 5.32 Å². The van der Waals surface area contributed by atoms with Gasteiger partial charge in [0.05, 0.1) is 29.9 Å². The highest BCUT2D eigenvalue weighted by atomic mass is 32.2. The second-order valence-electron chi connectivity index (χ2n) is 8.21. The average molecular weight is 525 g/mol. The third-order valence-electron chi connectivity index (χ3n) is 5.51. The van der Waals surface area contributed by atoms with Gasteiger partial charge in [0, 0.05) is 5.56 Å². The quantitative estimate of drug-likeness (QED) is 0.500. The van der Waals surface area contributed by atoms with Gasteiger partial charge in [-0.1, -0.05) is 18.2 Å². The lowest BCUT2D eigenvalue weighted by molar-refractivity contribution is -0.376. The first-order chi connectivity index (χ1) is 16.1. The molecule has 13 heteroatoms. The summed E-state index contributed by atoms with van der Waals surface area (Å²) in [5.41, 5.74) is -6.48. The van der Waals surface area contributed by atoms with Crippen molar-refractivity contribution < 1.29 is 49.4 Å². The Balaban J connectivity index is 1.76. The number of rotatable bonds is 8. The number of hydrogen-bond donors (Lipinski definition) is 2. The first kappa shape index (κ1) is 26.8. The highest BCUT2D eigenvalue weighted by Gasteiger charge is 2.71. The van der Waals surface area contributed by atoms with Crippen molar-refractivity contribution in [1.29, 1.82) is 0 Å². The summed E-state index contributed by atoms with van der Waals surface area (Å²) in [6, 6.07) is 7.09. The van der Waals surface area contributed by atoms with Gasteiger partial charge in [0.15, 0.2) is 9.84 Å². The zero-order valence-electron chi connectivity index (χ0n) is 18.2. The van der Waals surface area contributed by atoms with Gasteiger partial charge >= 0.3 is 12.4 Å². The third kappa shape index (κ3) is 5.72. The Morgan fingerprint density at radius 3 is 2.09 bits per heavy atom. The summed E-state index contributed by atoms with van der Waals surface area (Å²) in [6.07, 6.45) is -10.7. The molecule has 1 aliphatic rings. The summed E-state index contributed by atoms with van der Waals surface area (Å²) in [5.74, 6) is -1.01. The van der Waals surface area contributed by atoms with Crippen LogP contribution >= 0.6 is 0 Å². The molecule has 0 bridgehead atoms. The van der Waals surface area contributed by atoms with E-state index in [9.17, 15) is 44.7 Å². The number of hydrogen-bond acceptors (Lipinski definition) is 5. The Kier molecular flexibility index (Phi) is 7.15.